The Morgan fingerprint density at radius 2 is 1.91 bits per heavy atom. The molecule has 1 aromatic rings. The van der Waals surface area contributed by atoms with Gasteiger partial charge in [0.2, 0.25) is 0 Å². The van der Waals surface area contributed by atoms with Gasteiger partial charge in [-0.15, -0.1) is 0 Å². The summed E-state index contributed by atoms with van der Waals surface area (Å²) in [5, 5.41) is 13.9. The molecule has 0 unspecified atom stereocenters. The quantitative estimate of drug-likeness (QED) is 0.813. The van der Waals surface area contributed by atoms with Gasteiger partial charge in [0.1, 0.15) is 12.4 Å². The lowest BCUT2D eigenvalue weighted by molar-refractivity contribution is -0.0324. The van der Waals surface area contributed by atoms with Crippen LogP contribution in [0.4, 0.5) is 0 Å². The number of aliphatic hydroxyl groups excluding tert-OH is 1. The lowest BCUT2D eigenvalue weighted by Crippen LogP contribution is -2.59. The second-order valence-electron chi connectivity index (χ2n) is 7.83. The van der Waals surface area contributed by atoms with E-state index in [1.807, 2.05) is 12.1 Å². The van der Waals surface area contributed by atoms with E-state index >= 15 is 0 Å². The zero-order valence-corrected chi connectivity index (χ0v) is 13.2. The van der Waals surface area contributed by atoms with E-state index < -0.39 is 6.10 Å². The molecule has 0 saturated heterocycles. The highest BCUT2D eigenvalue weighted by molar-refractivity contribution is 5.06. The molecule has 122 valence electrons. The van der Waals surface area contributed by atoms with Gasteiger partial charge in [-0.1, -0.05) is 0 Å². The van der Waals surface area contributed by atoms with Gasteiger partial charge in [0.15, 0.2) is 0 Å². The zero-order valence-electron chi connectivity index (χ0n) is 13.2. The molecule has 1 aromatic heterocycles. The smallest absolute Gasteiger partial charge is 0.129 e. The van der Waals surface area contributed by atoms with Crippen LogP contribution in [-0.4, -0.2) is 29.9 Å². The topological polar surface area (TPSA) is 54.6 Å². The van der Waals surface area contributed by atoms with E-state index in [9.17, 15) is 5.11 Å². The predicted octanol–water partition coefficient (Wildman–Crippen LogP) is 2.72. The van der Waals surface area contributed by atoms with Gasteiger partial charge in [0.05, 0.1) is 19.0 Å². The van der Waals surface area contributed by atoms with Crippen LogP contribution in [0.25, 0.3) is 0 Å². The standard InChI is InChI=1S/C18H27NO3/c20-16(11-21-12-17-2-1-3-22-17)10-19-18-7-13-4-14(8-18)6-15(5-13)9-18/h1-3,13-16,19-20H,4-12H2/t13?,14?,15?,16-,18?/m0/s1. The molecule has 4 fully saturated rings. The van der Waals surface area contributed by atoms with Crippen molar-refractivity contribution in [3.8, 4) is 0 Å². The van der Waals surface area contributed by atoms with Crippen LogP contribution in [0.1, 0.15) is 44.3 Å². The zero-order chi connectivity index (χ0) is 15.0. The van der Waals surface area contributed by atoms with Crippen molar-refractivity contribution in [2.75, 3.05) is 13.2 Å². The van der Waals surface area contributed by atoms with Crippen molar-refractivity contribution < 1.29 is 14.3 Å². The highest BCUT2D eigenvalue weighted by Crippen LogP contribution is 2.55. The number of β-amino-alcohol motifs (C(OH)–C–C–N with tert-alkyl or cyclic N) is 1. The molecular weight excluding hydrogens is 278 g/mol. The summed E-state index contributed by atoms with van der Waals surface area (Å²) >= 11 is 0. The van der Waals surface area contributed by atoms with E-state index in [1.165, 1.54) is 38.5 Å². The van der Waals surface area contributed by atoms with Crippen molar-refractivity contribution in [3.63, 3.8) is 0 Å². The Hall–Kier alpha value is -0.840. The Bertz CT molecular complexity index is 449. The molecule has 5 rings (SSSR count). The third-order valence-corrected chi connectivity index (χ3v) is 5.89. The number of furan rings is 1. The third-order valence-electron chi connectivity index (χ3n) is 5.89. The fraction of sp³-hybridized carbons (Fsp3) is 0.778. The molecule has 0 amide bonds. The summed E-state index contributed by atoms with van der Waals surface area (Å²) in [6.45, 7) is 1.44. The number of ether oxygens (including phenoxy) is 1. The maximum atomic E-state index is 10.2. The van der Waals surface area contributed by atoms with Gasteiger partial charge < -0.3 is 19.6 Å². The van der Waals surface area contributed by atoms with Gasteiger partial charge in [0, 0.05) is 12.1 Å². The molecule has 0 spiro atoms. The van der Waals surface area contributed by atoms with E-state index in [0.717, 1.165) is 23.5 Å². The van der Waals surface area contributed by atoms with Gasteiger partial charge >= 0.3 is 0 Å². The molecule has 22 heavy (non-hydrogen) atoms. The van der Waals surface area contributed by atoms with Crippen LogP contribution in [-0.2, 0) is 11.3 Å². The highest BCUT2D eigenvalue weighted by Gasteiger charge is 2.50. The first-order valence-electron chi connectivity index (χ1n) is 8.74. The van der Waals surface area contributed by atoms with Gasteiger partial charge in [-0.2, -0.15) is 0 Å². The molecule has 1 atom stereocenters. The largest absolute Gasteiger partial charge is 0.467 e. The lowest BCUT2D eigenvalue weighted by atomic mass is 9.53. The average Bonchev–Trinajstić information content (AvgIpc) is 2.97. The molecule has 0 aliphatic heterocycles. The molecule has 4 aliphatic carbocycles. The van der Waals surface area contributed by atoms with E-state index in [-0.39, 0.29) is 0 Å². The van der Waals surface area contributed by atoms with Crippen molar-refractivity contribution in [1.29, 1.82) is 0 Å². The monoisotopic (exact) mass is 305 g/mol. The van der Waals surface area contributed by atoms with Crippen molar-refractivity contribution >= 4 is 0 Å². The Morgan fingerprint density at radius 3 is 2.50 bits per heavy atom. The molecule has 2 N–H and O–H groups in total. The Morgan fingerprint density at radius 1 is 1.23 bits per heavy atom. The van der Waals surface area contributed by atoms with Crippen LogP contribution in [0, 0.1) is 17.8 Å². The summed E-state index contributed by atoms with van der Waals surface area (Å²) in [6.07, 6.45) is 9.52. The summed E-state index contributed by atoms with van der Waals surface area (Å²) in [6, 6.07) is 3.74. The number of nitrogens with one attached hydrogen (secondary N) is 1. The Kier molecular flexibility index (Phi) is 4.01. The predicted molar refractivity (Wildman–Crippen MR) is 83.3 cm³/mol. The Labute approximate surface area is 132 Å². The molecule has 4 aliphatic rings. The second kappa shape index (κ2) is 5.99. The molecule has 0 aromatic carbocycles. The number of aliphatic hydroxyl groups is 1. The minimum atomic E-state index is -0.442. The van der Waals surface area contributed by atoms with Crippen LogP contribution < -0.4 is 5.32 Å². The molecule has 4 saturated carbocycles. The summed E-state index contributed by atoms with van der Waals surface area (Å²) in [7, 11) is 0. The number of rotatable bonds is 7. The molecular formula is C18H27NO3. The first-order chi connectivity index (χ1) is 10.7. The summed E-state index contributed by atoms with van der Waals surface area (Å²) in [5.41, 5.74) is 0.316. The first-order valence-corrected chi connectivity index (χ1v) is 8.74. The first kappa shape index (κ1) is 14.7. The van der Waals surface area contributed by atoms with Crippen molar-refractivity contribution in [3.05, 3.63) is 24.2 Å². The third kappa shape index (κ3) is 3.10. The summed E-state index contributed by atoms with van der Waals surface area (Å²) < 4.78 is 10.7. The second-order valence-corrected chi connectivity index (χ2v) is 7.83. The SMILES string of the molecule is O[C@@H](CNC12CC3CC(CC(C3)C1)C2)COCc1ccco1. The molecule has 4 heteroatoms. The van der Waals surface area contributed by atoms with Crippen molar-refractivity contribution in [2.24, 2.45) is 17.8 Å². The van der Waals surface area contributed by atoms with Gasteiger partial charge in [-0.25, -0.2) is 0 Å². The molecule has 4 nitrogen and oxygen atoms in total. The van der Waals surface area contributed by atoms with Gasteiger partial charge in [-0.05, 0) is 68.4 Å². The van der Waals surface area contributed by atoms with Crippen LogP contribution >= 0.6 is 0 Å². The van der Waals surface area contributed by atoms with Gasteiger partial charge in [0.25, 0.3) is 0 Å². The van der Waals surface area contributed by atoms with Crippen LogP contribution in [0.2, 0.25) is 0 Å². The Balaban J connectivity index is 1.22. The fourth-order valence-corrected chi connectivity index (χ4v) is 5.41. The summed E-state index contributed by atoms with van der Waals surface area (Å²) in [5.74, 6) is 3.62. The number of hydrogen-bond donors (Lipinski definition) is 2. The van der Waals surface area contributed by atoms with Crippen molar-refractivity contribution in [1.82, 2.24) is 5.32 Å². The normalized spacial score (nSPS) is 37.6. The minimum absolute atomic E-state index is 0.316. The van der Waals surface area contributed by atoms with Gasteiger partial charge in [-0.3, -0.25) is 0 Å². The lowest BCUT2D eigenvalue weighted by Gasteiger charge is -2.57. The molecule has 1 heterocycles. The maximum absolute atomic E-state index is 10.2. The van der Waals surface area contributed by atoms with Crippen LogP contribution in [0.15, 0.2) is 22.8 Å². The minimum Gasteiger partial charge on any atom is -0.467 e. The fourth-order valence-electron chi connectivity index (χ4n) is 5.41. The molecule has 4 bridgehead atoms. The average molecular weight is 305 g/mol. The van der Waals surface area contributed by atoms with Crippen molar-refractivity contribution in [2.45, 2.75) is 56.8 Å². The summed E-state index contributed by atoms with van der Waals surface area (Å²) in [4.78, 5) is 0. The van der Waals surface area contributed by atoms with E-state index in [2.05, 4.69) is 5.32 Å². The van der Waals surface area contributed by atoms with E-state index in [4.69, 9.17) is 9.15 Å². The highest BCUT2D eigenvalue weighted by atomic mass is 16.5. The van der Waals surface area contributed by atoms with Crippen LogP contribution in [0.5, 0.6) is 0 Å². The van der Waals surface area contributed by atoms with E-state index in [0.29, 0.717) is 25.3 Å². The molecule has 0 radical (unpaired) electrons. The van der Waals surface area contributed by atoms with Crippen LogP contribution in [0.3, 0.4) is 0 Å². The maximum Gasteiger partial charge on any atom is 0.129 e. The van der Waals surface area contributed by atoms with E-state index in [1.54, 1.807) is 6.26 Å². The number of hydrogen-bond acceptors (Lipinski definition) is 4.